The van der Waals surface area contributed by atoms with Crippen LogP contribution in [0.2, 0.25) is 0 Å². The summed E-state index contributed by atoms with van der Waals surface area (Å²) in [7, 11) is 0. The van der Waals surface area contributed by atoms with Gasteiger partial charge >= 0.3 is 0 Å². The first-order valence-corrected chi connectivity index (χ1v) is 7.19. The second-order valence-corrected chi connectivity index (χ2v) is 5.10. The number of amides is 2. The molecule has 0 unspecified atom stereocenters. The van der Waals surface area contributed by atoms with Crippen molar-refractivity contribution in [1.82, 2.24) is 5.32 Å². The van der Waals surface area contributed by atoms with Crippen LogP contribution in [-0.2, 0) is 9.59 Å². The molecule has 0 fully saturated rings. The number of benzene rings is 2. The number of carbonyl (C=O) groups excluding carboxylic acids is 2. The van der Waals surface area contributed by atoms with Gasteiger partial charge in [-0.15, -0.1) is 0 Å². The Bertz CT molecular complexity index is 861. The Morgan fingerprint density at radius 1 is 1.16 bits per heavy atom. The number of nitrogens with zero attached hydrogens (tertiary/aromatic N) is 1. The van der Waals surface area contributed by atoms with E-state index in [1.807, 2.05) is 0 Å². The normalized spacial score (nSPS) is 10.8. The number of hydrogen-bond donors (Lipinski definition) is 3. The first-order chi connectivity index (χ1) is 11.8. The summed E-state index contributed by atoms with van der Waals surface area (Å²) in [6, 6.07) is 11.5. The molecule has 128 valence electrons. The largest absolute Gasteiger partial charge is 0.508 e. The predicted molar refractivity (Wildman–Crippen MR) is 91.6 cm³/mol. The van der Waals surface area contributed by atoms with Gasteiger partial charge in [0.15, 0.2) is 0 Å². The monoisotopic (exact) mass is 341 g/mol. The average molecular weight is 341 g/mol. The van der Waals surface area contributed by atoms with Crippen LogP contribution in [0.1, 0.15) is 12.5 Å². The number of nitro benzene ring substituents is 1. The van der Waals surface area contributed by atoms with Crippen LogP contribution in [0.15, 0.2) is 54.2 Å². The smallest absolute Gasteiger partial charge is 0.272 e. The molecule has 0 bridgehead atoms. The van der Waals surface area contributed by atoms with E-state index in [0.29, 0.717) is 11.3 Å². The van der Waals surface area contributed by atoms with Crippen LogP contribution in [0.3, 0.4) is 0 Å². The van der Waals surface area contributed by atoms with Crippen molar-refractivity contribution in [2.75, 3.05) is 5.32 Å². The fraction of sp³-hybridized carbons (Fsp3) is 0.0588. The van der Waals surface area contributed by atoms with Crippen LogP contribution in [-0.4, -0.2) is 21.8 Å². The summed E-state index contributed by atoms with van der Waals surface area (Å²) in [6.07, 6.45) is 1.33. The lowest BCUT2D eigenvalue weighted by Crippen LogP contribution is -2.28. The number of hydrogen-bond acceptors (Lipinski definition) is 5. The molecule has 2 aromatic carbocycles. The lowest BCUT2D eigenvalue weighted by Gasteiger charge is -2.10. The molecule has 8 heteroatoms. The Morgan fingerprint density at radius 3 is 2.52 bits per heavy atom. The van der Waals surface area contributed by atoms with Gasteiger partial charge in [-0.05, 0) is 23.8 Å². The third kappa shape index (κ3) is 5.17. The average Bonchev–Trinajstić information content (AvgIpc) is 2.54. The summed E-state index contributed by atoms with van der Waals surface area (Å²) in [4.78, 5) is 34.0. The van der Waals surface area contributed by atoms with E-state index in [4.69, 9.17) is 0 Å². The second-order valence-electron chi connectivity index (χ2n) is 5.10. The highest BCUT2D eigenvalue weighted by Gasteiger charge is 2.13. The van der Waals surface area contributed by atoms with Gasteiger partial charge in [0, 0.05) is 30.8 Å². The first-order valence-electron chi connectivity index (χ1n) is 7.19. The van der Waals surface area contributed by atoms with Crippen molar-refractivity contribution in [3.63, 3.8) is 0 Å². The second kappa shape index (κ2) is 7.73. The van der Waals surface area contributed by atoms with E-state index in [9.17, 15) is 24.8 Å². The van der Waals surface area contributed by atoms with Gasteiger partial charge in [0.25, 0.3) is 11.6 Å². The lowest BCUT2D eigenvalue weighted by atomic mass is 10.1. The molecule has 8 nitrogen and oxygen atoms in total. The molecule has 0 saturated heterocycles. The molecule has 0 aromatic heterocycles. The SMILES string of the molecule is CC(=O)N/C(=C\c1cccc([N+](=O)[O-])c1)C(=O)Nc1cccc(O)c1. The number of nitrogens with one attached hydrogen (secondary N) is 2. The van der Waals surface area contributed by atoms with Crippen LogP contribution in [0.25, 0.3) is 6.08 Å². The Hall–Kier alpha value is -3.68. The molecule has 0 saturated carbocycles. The Morgan fingerprint density at radius 2 is 1.88 bits per heavy atom. The van der Waals surface area contributed by atoms with Crippen LogP contribution in [0.5, 0.6) is 5.75 Å². The minimum Gasteiger partial charge on any atom is -0.508 e. The van der Waals surface area contributed by atoms with E-state index < -0.39 is 16.7 Å². The molecular formula is C17H15N3O5. The Balaban J connectivity index is 2.31. The maximum absolute atomic E-state index is 12.4. The number of phenols is 1. The maximum atomic E-state index is 12.4. The predicted octanol–water partition coefficient (Wildman–Crippen LogP) is 2.42. The Kier molecular flexibility index (Phi) is 5.47. The molecule has 0 radical (unpaired) electrons. The molecule has 0 heterocycles. The van der Waals surface area contributed by atoms with Gasteiger partial charge in [-0.2, -0.15) is 0 Å². The summed E-state index contributed by atoms with van der Waals surface area (Å²) in [5.41, 5.74) is 0.491. The van der Waals surface area contributed by atoms with Crippen molar-refractivity contribution in [1.29, 1.82) is 0 Å². The molecule has 0 aliphatic rings. The van der Waals surface area contributed by atoms with Gasteiger partial charge in [0.2, 0.25) is 5.91 Å². The molecule has 0 aliphatic carbocycles. The van der Waals surface area contributed by atoms with Gasteiger partial charge < -0.3 is 15.7 Å². The maximum Gasteiger partial charge on any atom is 0.272 e. The number of non-ortho nitro benzene ring substituents is 1. The molecule has 25 heavy (non-hydrogen) atoms. The zero-order valence-electron chi connectivity index (χ0n) is 13.2. The summed E-state index contributed by atoms with van der Waals surface area (Å²) < 4.78 is 0. The zero-order valence-corrected chi connectivity index (χ0v) is 13.2. The molecule has 2 amide bonds. The van der Waals surface area contributed by atoms with E-state index >= 15 is 0 Å². The quantitative estimate of drug-likeness (QED) is 0.438. The van der Waals surface area contributed by atoms with Crippen LogP contribution >= 0.6 is 0 Å². The number of nitro groups is 1. The van der Waals surface area contributed by atoms with Gasteiger partial charge in [0.1, 0.15) is 11.4 Å². The van der Waals surface area contributed by atoms with Crippen molar-refractivity contribution in [2.24, 2.45) is 0 Å². The topological polar surface area (TPSA) is 122 Å². The minimum absolute atomic E-state index is 0.0264. The number of phenolic OH excluding ortho intramolecular Hbond substituents is 1. The number of anilines is 1. The fourth-order valence-corrected chi connectivity index (χ4v) is 2.02. The number of rotatable bonds is 5. The molecular weight excluding hydrogens is 326 g/mol. The summed E-state index contributed by atoms with van der Waals surface area (Å²) >= 11 is 0. The molecule has 3 N–H and O–H groups in total. The van der Waals surface area contributed by atoms with E-state index in [1.165, 1.54) is 43.3 Å². The van der Waals surface area contributed by atoms with Gasteiger partial charge in [-0.3, -0.25) is 19.7 Å². The summed E-state index contributed by atoms with van der Waals surface area (Å²) in [6.45, 7) is 1.24. The van der Waals surface area contributed by atoms with Gasteiger partial charge in [-0.1, -0.05) is 18.2 Å². The van der Waals surface area contributed by atoms with Crippen LogP contribution in [0, 0.1) is 10.1 Å². The highest BCUT2D eigenvalue weighted by molar-refractivity contribution is 6.08. The summed E-state index contributed by atoms with van der Waals surface area (Å²) in [5, 5.41) is 25.2. The molecule has 2 aromatic rings. The van der Waals surface area contributed by atoms with Crippen LogP contribution < -0.4 is 10.6 Å². The van der Waals surface area contributed by atoms with E-state index in [2.05, 4.69) is 10.6 Å². The van der Waals surface area contributed by atoms with Crippen molar-refractivity contribution < 1.29 is 19.6 Å². The lowest BCUT2D eigenvalue weighted by molar-refractivity contribution is -0.384. The molecule has 2 rings (SSSR count). The molecule has 0 aliphatic heterocycles. The third-order valence-corrected chi connectivity index (χ3v) is 3.05. The number of aromatic hydroxyl groups is 1. The van der Waals surface area contributed by atoms with Crippen LogP contribution in [0.4, 0.5) is 11.4 Å². The van der Waals surface area contributed by atoms with Crippen molar-refractivity contribution in [2.45, 2.75) is 6.92 Å². The van der Waals surface area contributed by atoms with Gasteiger partial charge in [-0.25, -0.2) is 0 Å². The van der Waals surface area contributed by atoms with E-state index in [0.717, 1.165) is 0 Å². The van der Waals surface area contributed by atoms with Gasteiger partial charge in [0.05, 0.1) is 4.92 Å². The zero-order chi connectivity index (χ0) is 18.4. The fourth-order valence-electron chi connectivity index (χ4n) is 2.02. The highest BCUT2D eigenvalue weighted by atomic mass is 16.6. The first kappa shape index (κ1) is 17.7. The molecule has 0 spiro atoms. The summed E-state index contributed by atoms with van der Waals surface area (Å²) in [5.74, 6) is -1.13. The minimum atomic E-state index is -0.632. The molecule has 0 atom stereocenters. The van der Waals surface area contributed by atoms with Crippen molar-refractivity contribution in [3.8, 4) is 5.75 Å². The standard InChI is InChI=1S/C17H15N3O5/c1-11(21)18-16(9-12-4-2-6-14(8-12)20(24)25)17(23)19-13-5-3-7-15(22)10-13/h2-10,22H,1H3,(H,18,21)(H,19,23)/b16-9-. The van der Waals surface area contributed by atoms with Crippen molar-refractivity contribution >= 4 is 29.3 Å². The van der Waals surface area contributed by atoms with Crippen molar-refractivity contribution in [3.05, 3.63) is 69.9 Å². The number of carbonyl (C=O) groups is 2. The third-order valence-electron chi connectivity index (χ3n) is 3.05. The van der Waals surface area contributed by atoms with E-state index in [1.54, 1.807) is 18.2 Å². The highest BCUT2D eigenvalue weighted by Crippen LogP contribution is 2.18. The van der Waals surface area contributed by atoms with E-state index in [-0.39, 0.29) is 17.1 Å². The Labute approximate surface area is 142 Å².